The second-order valence-corrected chi connectivity index (χ2v) is 3.50. The Hall–Kier alpha value is -1.76. The van der Waals surface area contributed by atoms with Gasteiger partial charge in [-0.15, -0.1) is 0 Å². The first-order valence-electron chi connectivity index (χ1n) is 5.95. The minimum absolute atomic E-state index is 0.0710. The number of hydrogen-bond donors (Lipinski definition) is 2. The lowest BCUT2D eigenvalue weighted by Gasteiger charge is -2.12. The van der Waals surface area contributed by atoms with Crippen LogP contribution in [0.2, 0.25) is 0 Å². The third kappa shape index (κ3) is 4.25. The summed E-state index contributed by atoms with van der Waals surface area (Å²) in [7, 11) is 0. The van der Waals surface area contributed by atoms with E-state index in [1.807, 2.05) is 13.8 Å². The number of aromatic nitrogens is 2. The highest BCUT2D eigenvalue weighted by Crippen LogP contribution is 2.28. The van der Waals surface area contributed by atoms with Crippen LogP contribution < -0.4 is 20.9 Å². The molecule has 1 aromatic rings. The Bertz CT molecular complexity index is 374. The normalized spacial score (nSPS) is 10.3. The van der Waals surface area contributed by atoms with Crippen molar-refractivity contribution in [3.63, 3.8) is 0 Å². The maximum atomic E-state index is 5.84. The summed E-state index contributed by atoms with van der Waals surface area (Å²) in [5, 5.41) is 0. The van der Waals surface area contributed by atoms with Crippen molar-refractivity contribution in [3.05, 3.63) is 0 Å². The van der Waals surface area contributed by atoms with Gasteiger partial charge in [0, 0.05) is 6.61 Å². The Morgan fingerprint density at radius 2 is 1.56 bits per heavy atom. The number of anilines is 2. The summed E-state index contributed by atoms with van der Waals surface area (Å²) in [6, 6.07) is 0. The molecule has 1 heterocycles. The predicted octanol–water partition coefficient (Wildman–Crippen LogP) is 0.845. The lowest BCUT2D eigenvalue weighted by Crippen LogP contribution is -2.12. The number of nitrogen functional groups attached to an aromatic ring is 2. The van der Waals surface area contributed by atoms with Gasteiger partial charge >= 0.3 is 0 Å². The molecule has 4 N–H and O–H groups in total. The number of hydrogen-bond acceptors (Lipinski definition) is 7. The average molecular weight is 256 g/mol. The second kappa shape index (κ2) is 7.54. The van der Waals surface area contributed by atoms with Crippen LogP contribution >= 0.6 is 0 Å². The van der Waals surface area contributed by atoms with Crippen LogP contribution in [0.3, 0.4) is 0 Å². The zero-order valence-electron chi connectivity index (χ0n) is 10.8. The fourth-order valence-corrected chi connectivity index (χ4v) is 1.21. The molecule has 0 fully saturated rings. The van der Waals surface area contributed by atoms with Gasteiger partial charge in [-0.3, -0.25) is 0 Å². The molecule has 7 heteroatoms. The first-order valence-corrected chi connectivity index (χ1v) is 5.95. The average Bonchev–Trinajstić information content (AvgIpc) is 2.36. The summed E-state index contributed by atoms with van der Waals surface area (Å²) >= 11 is 0. The minimum atomic E-state index is 0.0710. The number of nitrogens with two attached hydrogens (primary N) is 2. The summed E-state index contributed by atoms with van der Waals surface area (Å²) in [6.07, 6.45) is 0.851. The number of ether oxygens (including phenoxy) is 3. The molecule has 0 aliphatic carbocycles. The van der Waals surface area contributed by atoms with Crippen molar-refractivity contribution < 1.29 is 14.2 Å². The van der Waals surface area contributed by atoms with Crippen LogP contribution in [-0.4, -0.2) is 36.4 Å². The lowest BCUT2D eigenvalue weighted by atomic mass is 10.4. The quantitative estimate of drug-likeness (QED) is 0.664. The molecule has 18 heavy (non-hydrogen) atoms. The van der Waals surface area contributed by atoms with Gasteiger partial charge < -0.3 is 25.7 Å². The Morgan fingerprint density at radius 3 is 2.11 bits per heavy atom. The Labute approximate surface area is 106 Å². The van der Waals surface area contributed by atoms with Gasteiger partial charge in [-0.25, -0.2) is 0 Å². The molecule has 0 spiro atoms. The van der Waals surface area contributed by atoms with Gasteiger partial charge in [0.25, 0.3) is 0 Å². The molecule has 0 radical (unpaired) electrons. The molecule has 0 saturated heterocycles. The maximum Gasteiger partial charge on any atom is 0.246 e. The molecule has 1 aromatic heterocycles. The lowest BCUT2D eigenvalue weighted by molar-refractivity contribution is 0.108. The van der Waals surface area contributed by atoms with E-state index in [4.69, 9.17) is 25.7 Å². The van der Waals surface area contributed by atoms with E-state index in [-0.39, 0.29) is 23.4 Å². The van der Waals surface area contributed by atoms with E-state index in [1.165, 1.54) is 0 Å². The van der Waals surface area contributed by atoms with Gasteiger partial charge in [-0.2, -0.15) is 9.97 Å². The predicted molar refractivity (Wildman–Crippen MR) is 68.6 cm³/mol. The zero-order valence-corrected chi connectivity index (χ0v) is 10.8. The van der Waals surface area contributed by atoms with Crippen LogP contribution in [0.4, 0.5) is 11.6 Å². The molecule has 0 unspecified atom stereocenters. The monoisotopic (exact) mass is 256 g/mol. The highest BCUT2D eigenvalue weighted by molar-refractivity contribution is 5.58. The highest BCUT2D eigenvalue weighted by atomic mass is 16.5. The van der Waals surface area contributed by atoms with E-state index >= 15 is 0 Å². The van der Waals surface area contributed by atoms with Crippen LogP contribution in [0.1, 0.15) is 20.3 Å². The minimum Gasteiger partial charge on any atom is -0.476 e. The maximum absolute atomic E-state index is 5.84. The van der Waals surface area contributed by atoms with Gasteiger partial charge in [0.1, 0.15) is 6.61 Å². The molecule has 0 amide bonds. The third-order valence-corrected chi connectivity index (χ3v) is 2.01. The largest absolute Gasteiger partial charge is 0.476 e. The smallest absolute Gasteiger partial charge is 0.246 e. The van der Waals surface area contributed by atoms with Crippen molar-refractivity contribution in [3.8, 4) is 11.8 Å². The standard InChI is InChI=1S/C11H20N4O3/c1-3-5-17-9-8(12)10(15-11(13)14-9)18-7-6-16-4-2/h3-7,12H2,1-2H3,(H2,13,14,15). The van der Waals surface area contributed by atoms with Gasteiger partial charge in [0.15, 0.2) is 5.69 Å². The van der Waals surface area contributed by atoms with Crippen LogP contribution in [-0.2, 0) is 4.74 Å². The third-order valence-electron chi connectivity index (χ3n) is 2.01. The van der Waals surface area contributed by atoms with Crippen molar-refractivity contribution in [2.24, 2.45) is 0 Å². The zero-order chi connectivity index (χ0) is 13.4. The molecule has 102 valence electrons. The van der Waals surface area contributed by atoms with E-state index < -0.39 is 0 Å². The Balaban J connectivity index is 2.68. The first kappa shape index (κ1) is 14.3. The molecular weight excluding hydrogens is 236 g/mol. The van der Waals surface area contributed by atoms with E-state index in [1.54, 1.807) is 0 Å². The summed E-state index contributed by atoms with van der Waals surface area (Å²) < 4.78 is 15.9. The van der Waals surface area contributed by atoms with E-state index in [0.717, 1.165) is 6.42 Å². The van der Waals surface area contributed by atoms with Crippen molar-refractivity contribution in [2.45, 2.75) is 20.3 Å². The van der Waals surface area contributed by atoms with Crippen molar-refractivity contribution in [2.75, 3.05) is 37.9 Å². The summed E-state index contributed by atoms with van der Waals surface area (Å²) in [4.78, 5) is 7.85. The molecule has 7 nitrogen and oxygen atoms in total. The molecule has 0 atom stereocenters. The molecular formula is C11H20N4O3. The second-order valence-electron chi connectivity index (χ2n) is 3.50. The van der Waals surface area contributed by atoms with Crippen LogP contribution in [0.5, 0.6) is 11.8 Å². The van der Waals surface area contributed by atoms with Crippen molar-refractivity contribution >= 4 is 11.6 Å². The summed E-state index contributed by atoms with van der Waals surface area (Å²) in [5.74, 6) is 0.561. The number of rotatable bonds is 8. The molecule has 0 bridgehead atoms. The van der Waals surface area contributed by atoms with Gasteiger partial charge in [0.2, 0.25) is 17.7 Å². The Morgan fingerprint density at radius 1 is 0.944 bits per heavy atom. The van der Waals surface area contributed by atoms with Crippen LogP contribution in [0, 0.1) is 0 Å². The Kier molecular flexibility index (Phi) is 5.99. The van der Waals surface area contributed by atoms with Crippen molar-refractivity contribution in [1.82, 2.24) is 9.97 Å². The fourth-order valence-electron chi connectivity index (χ4n) is 1.21. The number of nitrogens with zero attached hydrogens (tertiary/aromatic N) is 2. The van der Waals surface area contributed by atoms with E-state index in [0.29, 0.717) is 26.4 Å². The molecule has 1 rings (SSSR count). The highest BCUT2D eigenvalue weighted by Gasteiger charge is 2.12. The first-order chi connectivity index (χ1) is 8.69. The van der Waals surface area contributed by atoms with E-state index in [9.17, 15) is 0 Å². The van der Waals surface area contributed by atoms with Crippen LogP contribution in [0.15, 0.2) is 0 Å². The fraction of sp³-hybridized carbons (Fsp3) is 0.636. The molecule has 0 saturated carbocycles. The van der Waals surface area contributed by atoms with Crippen molar-refractivity contribution in [1.29, 1.82) is 0 Å². The topological polar surface area (TPSA) is 106 Å². The van der Waals surface area contributed by atoms with E-state index in [2.05, 4.69) is 9.97 Å². The molecule has 0 aliphatic rings. The molecule has 0 aromatic carbocycles. The molecule has 0 aliphatic heterocycles. The summed E-state index contributed by atoms with van der Waals surface area (Å²) in [5.41, 5.74) is 11.7. The van der Waals surface area contributed by atoms with Gasteiger partial charge in [-0.05, 0) is 13.3 Å². The SMILES string of the molecule is CCCOc1nc(N)nc(OCCOCC)c1N. The van der Waals surface area contributed by atoms with Gasteiger partial charge in [0.05, 0.1) is 13.2 Å². The summed E-state index contributed by atoms with van der Waals surface area (Å²) in [6.45, 7) is 5.86. The van der Waals surface area contributed by atoms with Crippen LogP contribution in [0.25, 0.3) is 0 Å². The van der Waals surface area contributed by atoms with Gasteiger partial charge in [-0.1, -0.05) is 6.92 Å².